The van der Waals surface area contributed by atoms with Crippen LogP contribution in [0, 0.1) is 0 Å². The maximum Gasteiger partial charge on any atom is 0.293 e. The van der Waals surface area contributed by atoms with Gasteiger partial charge in [-0.05, 0) is 69.2 Å². The average molecular weight is 325 g/mol. The Balaban J connectivity index is 5.70. The number of hydrogen-bond donors (Lipinski definition) is 2. The molecule has 0 saturated heterocycles. The minimum absolute atomic E-state index is 0.0535. The number of nitrogens with one attached hydrogen (secondary N) is 2. The number of hydrogen-bond acceptors (Lipinski definition) is 3. The summed E-state index contributed by atoms with van der Waals surface area (Å²) in [6.45, 7) is 20.2. The zero-order valence-corrected chi connectivity index (χ0v) is 16.6. The molecule has 0 heterocycles. The van der Waals surface area contributed by atoms with Crippen molar-refractivity contribution in [3.63, 3.8) is 0 Å². The highest BCUT2D eigenvalue weighted by Crippen LogP contribution is 2.14. The van der Waals surface area contributed by atoms with Crippen LogP contribution in [0.3, 0.4) is 0 Å². The van der Waals surface area contributed by atoms with Crippen LogP contribution < -0.4 is 10.6 Å². The van der Waals surface area contributed by atoms with E-state index in [0.717, 1.165) is 11.4 Å². The van der Waals surface area contributed by atoms with Crippen molar-refractivity contribution >= 4 is 11.7 Å². The maximum absolute atomic E-state index is 13.1. The van der Waals surface area contributed by atoms with Crippen molar-refractivity contribution in [2.24, 2.45) is 4.99 Å². The first-order valence-corrected chi connectivity index (χ1v) is 8.59. The molecule has 134 valence electrons. The lowest BCUT2D eigenvalue weighted by Gasteiger charge is -2.31. The summed E-state index contributed by atoms with van der Waals surface area (Å²) < 4.78 is 0. The van der Waals surface area contributed by atoms with Crippen molar-refractivity contribution in [3.05, 3.63) is 11.4 Å². The third-order valence-electron chi connectivity index (χ3n) is 3.16. The van der Waals surface area contributed by atoms with E-state index in [4.69, 9.17) is 0 Å². The third-order valence-corrected chi connectivity index (χ3v) is 3.16. The van der Waals surface area contributed by atoms with Gasteiger partial charge in [-0.25, -0.2) is 0 Å². The molecule has 0 bridgehead atoms. The molecule has 0 aromatic carbocycles. The number of rotatable bonds is 6. The minimum atomic E-state index is -0.0789. The van der Waals surface area contributed by atoms with Gasteiger partial charge < -0.3 is 15.5 Å². The second-order valence-corrected chi connectivity index (χ2v) is 7.15. The largest absolute Gasteiger partial charge is 0.385 e. The molecule has 0 saturated carbocycles. The normalized spacial score (nSPS) is 13.7. The lowest BCUT2D eigenvalue weighted by atomic mass is 10.2. The van der Waals surface area contributed by atoms with Gasteiger partial charge in [0.05, 0.1) is 0 Å². The number of carbonyl (C=O) groups is 1. The Hall–Kier alpha value is -1.52. The van der Waals surface area contributed by atoms with Gasteiger partial charge in [-0.2, -0.15) is 0 Å². The molecular weight excluding hydrogens is 288 g/mol. The van der Waals surface area contributed by atoms with Crippen LogP contribution in [-0.2, 0) is 4.79 Å². The first kappa shape index (κ1) is 21.5. The molecule has 0 aliphatic carbocycles. The second-order valence-electron chi connectivity index (χ2n) is 7.15. The van der Waals surface area contributed by atoms with Crippen LogP contribution in [0.2, 0.25) is 0 Å². The SMILES string of the molecule is C/C(NC(C)C)=C(/C)N(C(=O)C(=NC(C)C)NC(C)C)C(C)C. The fraction of sp³-hybridized carbons (Fsp3) is 0.778. The van der Waals surface area contributed by atoms with Crippen LogP contribution in [0.5, 0.6) is 0 Å². The monoisotopic (exact) mass is 324 g/mol. The molecule has 0 radical (unpaired) electrons. The Kier molecular flexibility index (Phi) is 8.95. The van der Waals surface area contributed by atoms with Crippen molar-refractivity contribution < 1.29 is 4.79 Å². The summed E-state index contributed by atoms with van der Waals surface area (Å²) in [6.07, 6.45) is 0. The lowest BCUT2D eigenvalue weighted by molar-refractivity contribution is -0.124. The van der Waals surface area contributed by atoms with Gasteiger partial charge in [0.2, 0.25) is 0 Å². The molecule has 0 aliphatic rings. The van der Waals surface area contributed by atoms with Gasteiger partial charge in [0.15, 0.2) is 5.84 Å². The van der Waals surface area contributed by atoms with Crippen molar-refractivity contribution in [2.45, 2.75) is 93.4 Å². The zero-order chi connectivity index (χ0) is 18.3. The number of amidine groups is 1. The molecule has 0 aromatic rings. The van der Waals surface area contributed by atoms with E-state index in [0.29, 0.717) is 11.9 Å². The van der Waals surface area contributed by atoms with Crippen molar-refractivity contribution in [3.8, 4) is 0 Å². The molecule has 2 N–H and O–H groups in total. The minimum Gasteiger partial charge on any atom is -0.385 e. The summed E-state index contributed by atoms with van der Waals surface area (Å²) in [5, 5.41) is 6.58. The van der Waals surface area contributed by atoms with Gasteiger partial charge in [0.25, 0.3) is 5.91 Å². The standard InChI is InChI=1S/C18H36N4O/c1-11(2)19-15(9)16(10)22(14(7)8)18(23)17(20-12(3)4)21-13(5)6/h11-14,19H,1-10H3,(H,20,21)/b16-15+. The summed E-state index contributed by atoms with van der Waals surface area (Å²) in [5.74, 6) is 0.352. The predicted octanol–water partition coefficient (Wildman–Crippen LogP) is 3.28. The fourth-order valence-electron chi connectivity index (χ4n) is 2.29. The van der Waals surface area contributed by atoms with E-state index in [1.165, 1.54) is 0 Å². The molecular formula is C18H36N4O. The smallest absolute Gasteiger partial charge is 0.293 e. The van der Waals surface area contributed by atoms with Gasteiger partial charge in [-0.1, -0.05) is 0 Å². The highest BCUT2D eigenvalue weighted by Gasteiger charge is 2.25. The van der Waals surface area contributed by atoms with Crippen LogP contribution in [0.1, 0.15) is 69.2 Å². The van der Waals surface area contributed by atoms with E-state index in [1.807, 2.05) is 55.4 Å². The zero-order valence-electron chi connectivity index (χ0n) is 16.6. The summed E-state index contributed by atoms with van der Waals surface area (Å²) in [7, 11) is 0. The molecule has 5 nitrogen and oxygen atoms in total. The predicted molar refractivity (Wildman–Crippen MR) is 99.5 cm³/mol. The van der Waals surface area contributed by atoms with Crippen molar-refractivity contribution in [1.29, 1.82) is 0 Å². The molecule has 1 amide bonds. The third kappa shape index (κ3) is 7.53. The summed E-state index contributed by atoms with van der Waals surface area (Å²) in [5.41, 5.74) is 1.94. The maximum atomic E-state index is 13.1. The van der Waals surface area contributed by atoms with E-state index in [1.54, 1.807) is 4.90 Å². The van der Waals surface area contributed by atoms with Gasteiger partial charge >= 0.3 is 0 Å². The Bertz CT molecular complexity index is 448. The Labute approximate surface area is 142 Å². The van der Waals surface area contributed by atoms with Crippen LogP contribution in [0.4, 0.5) is 0 Å². The van der Waals surface area contributed by atoms with E-state index >= 15 is 0 Å². The van der Waals surface area contributed by atoms with Crippen LogP contribution >= 0.6 is 0 Å². The number of allylic oxidation sites excluding steroid dienone is 2. The molecule has 23 heavy (non-hydrogen) atoms. The van der Waals surface area contributed by atoms with E-state index in [9.17, 15) is 4.79 Å². The first-order valence-electron chi connectivity index (χ1n) is 8.59. The average Bonchev–Trinajstić information content (AvgIpc) is 2.35. The molecule has 0 rings (SSSR count). The van der Waals surface area contributed by atoms with Crippen LogP contribution in [-0.4, -0.2) is 40.8 Å². The quantitative estimate of drug-likeness (QED) is 0.582. The molecule has 0 fully saturated rings. The summed E-state index contributed by atoms with van der Waals surface area (Å²) in [6, 6.07) is 0.599. The Morgan fingerprint density at radius 3 is 1.70 bits per heavy atom. The van der Waals surface area contributed by atoms with Crippen molar-refractivity contribution in [1.82, 2.24) is 15.5 Å². The van der Waals surface area contributed by atoms with Crippen LogP contribution in [0.25, 0.3) is 0 Å². The van der Waals surface area contributed by atoms with Crippen LogP contribution in [0.15, 0.2) is 16.4 Å². The fourth-order valence-corrected chi connectivity index (χ4v) is 2.29. The van der Waals surface area contributed by atoms with E-state index in [2.05, 4.69) is 29.5 Å². The van der Waals surface area contributed by atoms with Gasteiger partial charge in [-0.3, -0.25) is 9.79 Å². The second kappa shape index (κ2) is 9.58. The Morgan fingerprint density at radius 1 is 0.870 bits per heavy atom. The molecule has 0 unspecified atom stereocenters. The molecule has 0 aliphatic heterocycles. The molecule has 0 aromatic heterocycles. The van der Waals surface area contributed by atoms with Gasteiger partial charge in [-0.15, -0.1) is 0 Å². The van der Waals surface area contributed by atoms with E-state index in [-0.39, 0.29) is 24.0 Å². The topological polar surface area (TPSA) is 56.7 Å². The number of carbonyl (C=O) groups excluding carboxylic acids is 1. The van der Waals surface area contributed by atoms with Crippen molar-refractivity contribution in [2.75, 3.05) is 0 Å². The highest BCUT2D eigenvalue weighted by atomic mass is 16.2. The molecule has 5 heteroatoms. The van der Waals surface area contributed by atoms with E-state index < -0.39 is 0 Å². The van der Waals surface area contributed by atoms with Gasteiger partial charge in [0.1, 0.15) is 0 Å². The Morgan fingerprint density at radius 2 is 1.35 bits per heavy atom. The summed E-state index contributed by atoms with van der Waals surface area (Å²) in [4.78, 5) is 19.4. The molecule has 0 spiro atoms. The van der Waals surface area contributed by atoms with Gasteiger partial charge in [0, 0.05) is 35.6 Å². The lowest BCUT2D eigenvalue weighted by Crippen LogP contribution is -2.48. The first-order chi connectivity index (χ1) is 10.5. The number of aliphatic imine (C=N–C) groups is 1. The molecule has 0 atom stereocenters. The number of nitrogens with zero attached hydrogens (tertiary/aromatic N) is 2. The highest BCUT2D eigenvalue weighted by molar-refractivity contribution is 6.38. The summed E-state index contributed by atoms with van der Waals surface area (Å²) >= 11 is 0. The number of amides is 1.